The smallest absolute Gasteiger partial charge is 0.341 e. The highest BCUT2D eigenvalue weighted by Gasteiger charge is 2.31. The van der Waals surface area contributed by atoms with Gasteiger partial charge in [0.05, 0.1) is 34.5 Å². The van der Waals surface area contributed by atoms with E-state index in [1.54, 1.807) is 13.2 Å². The van der Waals surface area contributed by atoms with E-state index in [1.807, 2.05) is 6.07 Å². The van der Waals surface area contributed by atoms with Crippen LogP contribution >= 0.6 is 0 Å². The Kier molecular flexibility index (Phi) is 6.05. The lowest BCUT2D eigenvalue weighted by atomic mass is 9.91. The summed E-state index contributed by atoms with van der Waals surface area (Å²) in [4.78, 5) is 24.1. The van der Waals surface area contributed by atoms with Gasteiger partial charge in [-0.05, 0) is 47.7 Å². The lowest BCUT2D eigenvalue weighted by Crippen LogP contribution is -2.26. The van der Waals surface area contributed by atoms with Crippen LogP contribution in [0.3, 0.4) is 0 Å². The lowest BCUT2D eigenvalue weighted by Gasteiger charge is -2.22. The molecule has 30 heavy (non-hydrogen) atoms. The van der Waals surface area contributed by atoms with Crippen LogP contribution in [-0.2, 0) is 16.0 Å². The van der Waals surface area contributed by atoms with Crippen LogP contribution in [0.1, 0.15) is 40.9 Å². The molecular formula is C22H25NO7. The Morgan fingerprint density at radius 3 is 2.30 bits per heavy atom. The average Bonchev–Trinajstić information content (AvgIpc) is 2.87. The van der Waals surface area contributed by atoms with Gasteiger partial charge in [0.2, 0.25) is 11.7 Å². The fourth-order valence-electron chi connectivity index (χ4n) is 3.93. The van der Waals surface area contributed by atoms with Gasteiger partial charge in [-0.1, -0.05) is 0 Å². The first-order chi connectivity index (χ1) is 14.4. The highest BCUT2D eigenvalue weighted by atomic mass is 16.5. The highest BCUT2D eigenvalue weighted by Crippen LogP contribution is 2.51. The van der Waals surface area contributed by atoms with Crippen molar-refractivity contribution < 1.29 is 33.6 Å². The van der Waals surface area contributed by atoms with Crippen molar-refractivity contribution in [1.29, 1.82) is 0 Å². The first-order valence-electron chi connectivity index (χ1n) is 9.40. The van der Waals surface area contributed by atoms with Gasteiger partial charge in [-0.2, -0.15) is 0 Å². The average molecular weight is 415 g/mol. The number of carbonyl (C=O) groups excluding carboxylic acids is 2. The Morgan fingerprint density at radius 2 is 1.73 bits per heavy atom. The Labute approximate surface area is 174 Å². The first-order valence-corrected chi connectivity index (χ1v) is 9.40. The number of rotatable bonds is 5. The number of fused-ring (bicyclic) bond motifs is 3. The first kappa shape index (κ1) is 21.3. The zero-order chi connectivity index (χ0) is 22.0. The minimum Gasteiger partial charge on any atom is -0.507 e. The van der Waals surface area contributed by atoms with E-state index in [4.69, 9.17) is 18.9 Å². The van der Waals surface area contributed by atoms with Crippen LogP contribution in [0.2, 0.25) is 0 Å². The molecule has 0 unspecified atom stereocenters. The summed E-state index contributed by atoms with van der Waals surface area (Å²) in [5.74, 6) is 0.277. The molecule has 8 heteroatoms. The number of phenols is 1. The lowest BCUT2D eigenvalue weighted by molar-refractivity contribution is -0.119. The third-order valence-corrected chi connectivity index (χ3v) is 5.21. The molecule has 0 saturated heterocycles. The van der Waals surface area contributed by atoms with E-state index in [0.29, 0.717) is 46.8 Å². The Morgan fingerprint density at radius 1 is 1.03 bits per heavy atom. The molecule has 0 radical (unpaired) electrons. The number of amides is 1. The molecule has 0 fully saturated rings. The van der Waals surface area contributed by atoms with Crippen LogP contribution in [0.4, 0.5) is 0 Å². The monoisotopic (exact) mass is 415 g/mol. The quantitative estimate of drug-likeness (QED) is 0.724. The van der Waals surface area contributed by atoms with E-state index >= 15 is 0 Å². The van der Waals surface area contributed by atoms with Crippen LogP contribution in [0, 0.1) is 0 Å². The number of phenolic OH excluding ortho intramolecular Hbond substituents is 1. The van der Waals surface area contributed by atoms with Crippen LogP contribution < -0.4 is 19.5 Å². The second-order valence-corrected chi connectivity index (χ2v) is 6.92. The third kappa shape index (κ3) is 3.60. The number of benzene rings is 2. The van der Waals surface area contributed by atoms with E-state index in [2.05, 4.69) is 5.32 Å². The molecule has 8 nitrogen and oxygen atoms in total. The van der Waals surface area contributed by atoms with Crippen molar-refractivity contribution in [2.45, 2.75) is 25.8 Å². The Bertz CT molecular complexity index is 1000. The maximum absolute atomic E-state index is 12.2. The molecular weight excluding hydrogens is 390 g/mol. The topological polar surface area (TPSA) is 103 Å². The van der Waals surface area contributed by atoms with Crippen LogP contribution in [-0.4, -0.2) is 45.4 Å². The summed E-state index contributed by atoms with van der Waals surface area (Å²) in [5.41, 5.74) is 2.93. The van der Waals surface area contributed by atoms with E-state index in [0.717, 1.165) is 5.56 Å². The zero-order valence-corrected chi connectivity index (χ0v) is 17.6. The van der Waals surface area contributed by atoms with Crippen molar-refractivity contribution in [3.8, 4) is 34.1 Å². The largest absolute Gasteiger partial charge is 0.507 e. The molecule has 1 amide bonds. The number of ether oxygens (including phenoxy) is 4. The number of methoxy groups -OCH3 is 4. The highest BCUT2D eigenvalue weighted by molar-refractivity contribution is 5.96. The maximum atomic E-state index is 12.2. The van der Waals surface area contributed by atoms with E-state index < -0.39 is 5.97 Å². The van der Waals surface area contributed by atoms with E-state index in [-0.39, 0.29) is 23.3 Å². The minimum atomic E-state index is -0.670. The number of hydrogen-bond donors (Lipinski definition) is 2. The minimum absolute atomic E-state index is 0.0162. The van der Waals surface area contributed by atoms with Crippen molar-refractivity contribution in [2.24, 2.45) is 0 Å². The van der Waals surface area contributed by atoms with Crippen LogP contribution in [0.25, 0.3) is 11.1 Å². The summed E-state index contributed by atoms with van der Waals surface area (Å²) >= 11 is 0. The van der Waals surface area contributed by atoms with E-state index in [1.165, 1.54) is 34.3 Å². The van der Waals surface area contributed by atoms with Gasteiger partial charge < -0.3 is 29.4 Å². The molecule has 1 aliphatic carbocycles. The Balaban J connectivity index is 2.39. The van der Waals surface area contributed by atoms with Gasteiger partial charge in [-0.15, -0.1) is 0 Å². The fourth-order valence-corrected chi connectivity index (χ4v) is 3.93. The van der Waals surface area contributed by atoms with Gasteiger partial charge in [0.25, 0.3) is 0 Å². The third-order valence-electron chi connectivity index (χ3n) is 5.21. The molecule has 2 aromatic rings. The Hall–Kier alpha value is -3.42. The summed E-state index contributed by atoms with van der Waals surface area (Å²) in [7, 11) is 5.83. The van der Waals surface area contributed by atoms with E-state index in [9.17, 15) is 14.7 Å². The molecule has 0 saturated carbocycles. The number of carbonyl (C=O) groups is 2. The summed E-state index contributed by atoms with van der Waals surface area (Å²) in [6, 6.07) is 4.54. The summed E-state index contributed by atoms with van der Waals surface area (Å²) in [5, 5.41) is 13.4. The van der Waals surface area contributed by atoms with Crippen LogP contribution in [0.5, 0.6) is 23.0 Å². The normalized spacial score (nSPS) is 14.6. The number of nitrogens with one attached hydrogen (secondary N) is 1. The van der Waals surface area contributed by atoms with Crippen molar-refractivity contribution in [3.63, 3.8) is 0 Å². The van der Waals surface area contributed by atoms with Gasteiger partial charge in [0.1, 0.15) is 11.3 Å². The molecule has 0 heterocycles. The molecule has 2 N–H and O–H groups in total. The second kappa shape index (κ2) is 8.52. The molecule has 160 valence electrons. The predicted octanol–water partition coefficient (Wildman–Crippen LogP) is 3.00. The van der Waals surface area contributed by atoms with Crippen molar-refractivity contribution in [1.82, 2.24) is 5.32 Å². The SMILES string of the molecule is COC(=O)c1cc2c(cc1O)[C@@H](NC(C)=O)CCc1cc(OC)c(OC)c(OC)c1-2. The molecule has 0 aliphatic heterocycles. The summed E-state index contributed by atoms with van der Waals surface area (Å²) in [6.07, 6.45) is 1.18. The molecule has 0 aromatic heterocycles. The predicted molar refractivity (Wildman–Crippen MR) is 109 cm³/mol. The second-order valence-electron chi connectivity index (χ2n) is 6.92. The maximum Gasteiger partial charge on any atom is 0.341 e. The molecule has 1 atom stereocenters. The summed E-state index contributed by atoms with van der Waals surface area (Å²) in [6.45, 7) is 1.44. The molecule has 1 aliphatic rings. The number of aryl methyl sites for hydroxylation is 1. The van der Waals surface area contributed by atoms with Gasteiger partial charge in [0, 0.05) is 12.5 Å². The molecule has 3 rings (SSSR count). The molecule has 0 spiro atoms. The van der Waals surface area contributed by atoms with Crippen molar-refractivity contribution >= 4 is 11.9 Å². The number of esters is 1. The van der Waals surface area contributed by atoms with Gasteiger partial charge >= 0.3 is 5.97 Å². The number of aromatic hydroxyl groups is 1. The van der Waals surface area contributed by atoms with Gasteiger partial charge in [-0.25, -0.2) is 4.79 Å². The summed E-state index contributed by atoms with van der Waals surface area (Å²) < 4.78 is 21.5. The number of hydrogen-bond acceptors (Lipinski definition) is 7. The molecule has 2 aromatic carbocycles. The molecule has 0 bridgehead atoms. The zero-order valence-electron chi connectivity index (χ0n) is 17.6. The van der Waals surface area contributed by atoms with Gasteiger partial charge in [0.15, 0.2) is 11.5 Å². The van der Waals surface area contributed by atoms with Crippen molar-refractivity contribution in [2.75, 3.05) is 28.4 Å². The standard InChI is InChI=1S/C22H25NO7/c1-11(24)23-16-7-6-12-8-18(27-2)20(28-3)21(29-4)19(12)14-9-15(22(26)30-5)17(25)10-13(14)16/h8-10,16,25H,6-7H2,1-5H3,(H,23,24)/t16-/m0/s1. The fraction of sp³-hybridized carbons (Fsp3) is 0.364. The van der Waals surface area contributed by atoms with Crippen LogP contribution in [0.15, 0.2) is 18.2 Å². The van der Waals surface area contributed by atoms with Crippen molar-refractivity contribution in [3.05, 3.63) is 34.9 Å². The van der Waals surface area contributed by atoms with Gasteiger partial charge in [-0.3, -0.25) is 4.79 Å².